The number of unbranched alkanes of at least 4 members (excludes halogenated alkanes) is 1. The molecule has 1 fully saturated rings. The van der Waals surface area contributed by atoms with Crippen LogP contribution in [0, 0.1) is 5.92 Å². The van der Waals surface area contributed by atoms with E-state index >= 15 is 0 Å². The molecule has 0 aromatic carbocycles. The first-order valence-corrected chi connectivity index (χ1v) is 6.72. The second-order valence-electron chi connectivity index (χ2n) is 4.08. The highest BCUT2D eigenvalue weighted by Crippen LogP contribution is 2.29. The van der Waals surface area contributed by atoms with Gasteiger partial charge in [-0.1, -0.05) is 12.8 Å². The van der Waals surface area contributed by atoms with E-state index in [-0.39, 0.29) is 0 Å². The number of hydrogen-bond donors (Lipinski definition) is 2. The SMILES string of the molecule is NC1CCC(CCCC[PH](=O)O)C1. The molecule has 0 amide bonds. The van der Waals surface area contributed by atoms with E-state index < -0.39 is 8.03 Å². The molecule has 3 atom stereocenters. The quantitative estimate of drug-likeness (QED) is 0.531. The molecule has 0 spiro atoms. The van der Waals surface area contributed by atoms with Crippen molar-refractivity contribution in [1.82, 2.24) is 0 Å². The van der Waals surface area contributed by atoms with Crippen LogP contribution < -0.4 is 5.73 Å². The highest BCUT2D eigenvalue weighted by atomic mass is 31.1. The molecule has 0 heterocycles. The summed E-state index contributed by atoms with van der Waals surface area (Å²) in [6.07, 6.45) is 7.28. The van der Waals surface area contributed by atoms with Crippen LogP contribution in [0.25, 0.3) is 0 Å². The second kappa shape index (κ2) is 5.79. The summed E-state index contributed by atoms with van der Waals surface area (Å²) in [4.78, 5) is 8.61. The lowest BCUT2D eigenvalue weighted by Gasteiger charge is -2.07. The van der Waals surface area contributed by atoms with E-state index in [1.54, 1.807) is 0 Å². The van der Waals surface area contributed by atoms with E-state index in [9.17, 15) is 4.57 Å². The zero-order valence-electron chi connectivity index (χ0n) is 8.04. The van der Waals surface area contributed by atoms with Gasteiger partial charge in [0.25, 0.3) is 0 Å². The largest absolute Gasteiger partial charge is 0.346 e. The average Bonchev–Trinajstić information content (AvgIpc) is 2.45. The Bertz CT molecular complexity index is 175. The van der Waals surface area contributed by atoms with E-state index in [0.29, 0.717) is 12.2 Å². The Morgan fingerprint density at radius 1 is 1.38 bits per heavy atom. The molecule has 13 heavy (non-hydrogen) atoms. The van der Waals surface area contributed by atoms with Crippen LogP contribution in [0.15, 0.2) is 0 Å². The molecule has 3 N–H and O–H groups in total. The van der Waals surface area contributed by atoms with Crippen molar-refractivity contribution >= 4 is 8.03 Å². The lowest BCUT2D eigenvalue weighted by molar-refractivity contribution is 0.466. The molecule has 4 heteroatoms. The molecular formula is C9H20NO2P. The van der Waals surface area contributed by atoms with Gasteiger partial charge in [-0.3, -0.25) is 4.57 Å². The summed E-state index contributed by atoms with van der Waals surface area (Å²) in [6.45, 7) is 0. The smallest absolute Gasteiger partial charge is 0.189 e. The minimum Gasteiger partial charge on any atom is -0.346 e. The Kier molecular flexibility index (Phi) is 5.00. The molecule has 0 aromatic rings. The summed E-state index contributed by atoms with van der Waals surface area (Å²) in [6, 6.07) is 0.418. The fraction of sp³-hybridized carbons (Fsp3) is 1.00. The van der Waals surface area contributed by atoms with Gasteiger partial charge in [0.05, 0.1) is 0 Å². The second-order valence-corrected chi connectivity index (χ2v) is 5.37. The van der Waals surface area contributed by atoms with Crippen molar-refractivity contribution in [3.63, 3.8) is 0 Å². The van der Waals surface area contributed by atoms with E-state index in [1.165, 1.54) is 19.3 Å². The molecule has 0 aromatic heterocycles. The predicted molar refractivity (Wildman–Crippen MR) is 55.3 cm³/mol. The van der Waals surface area contributed by atoms with Gasteiger partial charge in [-0.25, -0.2) is 0 Å². The van der Waals surface area contributed by atoms with Crippen molar-refractivity contribution in [3.05, 3.63) is 0 Å². The van der Waals surface area contributed by atoms with Gasteiger partial charge < -0.3 is 10.6 Å². The average molecular weight is 205 g/mol. The zero-order chi connectivity index (χ0) is 9.68. The van der Waals surface area contributed by atoms with E-state index in [1.807, 2.05) is 0 Å². The number of nitrogens with two attached hydrogens (primary N) is 1. The molecule has 3 nitrogen and oxygen atoms in total. The molecule has 0 saturated heterocycles. The van der Waals surface area contributed by atoms with Crippen molar-refractivity contribution in [2.45, 2.75) is 44.6 Å². The summed E-state index contributed by atoms with van der Waals surface area (Å²) in [7, 11) is -2.22. The summed E-state index contributed by atoms with van der Waals surface area (Å²) >= 11 is 0. The van der Waals surface area contributed by atoms with Crippen molar-refractivity contribution in [3.8, 4) is 0 Å². The van der Waals surface area contributed by atoms with E-state index in [2.05, 4.69) is 0 Å². The molecule has 1 aliphatic rings. The molecule has 1 rings (SSSR count). The first kappa shape index (κ1) is 11.2. The van der Waals surface area contributed by atoms with Crippen LogP contribution in [-0.2, 0) is 4.57 Å². The fourth-order valence-electron chi connectivity index (χ4n) is 2.09. The maximum absolute atomic E-state index is 10.4. The van der Waals surface area contributed by atoms with Gasteiger partial charge in [0.1, 0.15) is 0 Å². The van der Waals surface area contributed by atoms with Crippen LogP contribution in [0.3, 0.4) is 0 Å². The summed E-state index contributed by atoms with van der Waals surface area (Å²) in [5, 5.41) is 0. The summed E-state index contributed by atoms with van der Waals surface area (Å²) < 4.78 is 10.4. The monoisotopic (exact) mass is 205 g/mol. The van der Waals surface area contributed by atoms with Crippen molar-refractivity contribution < 1.29 is 9.46 Å². The van der Waals surface area contributed by atoms with Crippen LogP contribution in [-0.4, -0.2) is 17.1 Å². The first-order valence-electron chi connectivity index (χ1n) is 5.16. The van der Waals surface area contributed by atoms with Crippen LogP contribution in [0.1, 0.15) is 38.5 Å². The number of hydrogen-bond acceptors (Lipinski definition) is 2. The molecule has 1 aliphatic carbocycles. The number of rotatable bonds is 5. The lowest BCUT2D eigenvalue weighted by Crippen LogP contribution is -2.14. The lowest BCUT2D eigenvalue weighted by atomic mass is 10.0. The maximum Gasteiger partial charge on any atom is 0.189 e. The van der Waals surface area contributed by atoms with Gasteiger partial charge in [-0.15, -0.1) is 0 Å². The van der Waals surface area contributed by atoms with Gasteiger partial charge in [-0.05, 0) is 31.6 Å². The van der Waals surface area contributed by atoms with Gasteiger partial charge >= 0.3 is 0 Å². The predicted octanol–water partition coefficient (Wildman–Crippen LogP) is 1.75. The van der Waals surface area contributed by atoms with E-state index in [4.69, 9.17) is 10.6 Å². The van der Waals surface area contributed by atoms with Gasteiger partial charge in [0, 0.05) is 12.2 Å². The third-order valence-corrected chi connectivity index (χ3v) is 3.62. The molecule has 0 radical (unpaired) electrons. The van der Waals surface area contributed by atoms with Crippen molar-refractivity contribution in [1.29, 1.82) is 0 Å². The molecule has 3 unspecified atom stereocenters. The first-order chi connectivity index (χ1) is 6.18. The minimum atomic E-state index is -2.22. The third-order valence-electron chi connectivity index (χ3n) is 2.83. The fourth-order valence-corrected chi connectivity index (χ4v) is 2.64. The maximum atomic E-state index is 10.4. The topological polar surface area (TPSA) is 63.3 Å². The Balaban J connectivity index is 1.97. The summed E-state index contributed by atoms with van der Waals surface area (Å²) in [5.74, 6) is 0.788. The van der Waals surface area contributed by atoms with Gasteiger partial charge in [-0.2, -0.15) is 0 Å². The van der Waals surface area contributed by atoms with Crippen LogP contribution >= 0.6 is 8.03 Å². The van der Waals surface area contributed by atoms with Crippen molar-refractivity contribution in [2.24, 2.45) is 11.7 Å². The summed E-state index contributed by atoms with van der Waals surface area (Å²) in [5.41, 5.74) is 5.79. The Labute approximate surface area is 80.6 Å². The van der Waals surface area contributed by atoms with Crippen LogP contribution in [0.5, 0.6) is 0 Å². The Morgan fingerprint density at radius 3 is 2.69 bits per heavy atom. The minimum absolute atomic E-state index is 0.418. The van der Waals surface area contributed by atoms with Crippen molar-refractivity contribution in [2.75, 3.05) is 6.16 Å². The normalized spacial score (nSPS) is 30.6. The van der Waals surface area contributed by atoms with Crippen LogP contribution in [0.4, 0.5) is 0 Å². The highest BCUT2D eigenvalue weighted by Gasteiger charge is 2.20. The van der Waals surface area contributed by atoms with Crippen LogP contribution in [0.2, 0.25) is 0 Å². The Hall–Kier alpha value is 0.150. The van der Waals surface area contributed by atoms with E-state index in [0.717, 1.165) is 25.2 Å². The Morgan fingerprint density at radius 2 is 2.15 bits per heavy atom. The molecular weight excluding hydrogens is 185 g/mol. The highest BCUT2D eigenvalue weighted by molar-refractivity contribution is 7.37. The zero-order valence-corrected chi connectivity index (χ0v) is 9.04. The standard InChI is InChI=1S/C9H20NO2P/c10-9-5-4-8(7-9)3-1-2-6-13(11)12/h8-9,13H,1-7,10H2,(H,11,12). The molecule has 0 bridgehead atoms. The third kappa shape index (κ3) is 4.80. The molecule has 78 valence electrons. The molecule has 1 saturated carbocycles. The van der Waals surface area contributed by atoms with Gasteiger partial charge in [0.15, 0.2) is 8.03 Å². The van der Waals surface area contributed by atoms with Gasteiger partial charge in [0.2, 0.25) is 0 Å². The molecule has 0 aliphatic heterocycles.